The number of furan rings is 1. The van der Waals surface area contributed by atoms with Gasteiger partial charge in [0.25, 0.3) is 11.8 Å². The number of amides is 2. The van der Waals surface area contributed by atoms with Crippen molar-refractivity contribution in [3.63, 3.8) is 0 Å². The molecule has 3 rings (SSSR count). The lowest BCUT2D eigenvalue weighted by atomic mass is 10.2. The smallest absolute Gasteiger partial charge is 0.288 e. The van der Waals surface area contributed by atoms with Crippen molar-refractivity contribution >= 4 is 24.1 Å². The zero-order valence-corrected chi connectivity index (χ0v) is 14.6. The number of hydrogen-bond acceptors (Lipinski definition) is 4. The Labute approximate surface area is 160 Å². The van der Waals surface area contributed by atoms with E-state index >= 15 is 0 Å². The molecule has 0 unspecified atom stereocenters. The molecule has 0 spiro atoms. The van der Waals surface area contributed by atoms with E-state index in [4.69, 9.17) is 4.42 Å². The van der Waals surface area contributed by atoms with E-state index < -0.39 is 11.8 Å². The Bertz CT molecular complexity index is 995. The second-order valence-corrected chi connectivity index (χ2v) is 5.64. The number of benzene rings is 2. The van der Waals surface area contributed by atoms with Crippen molar-refractivity contribution < 1.29 is 18.4 Å². The number of hydrogen-bond donors (Lipinski definition) is 2. The Morgan fingerprint density at radius 2 is 1.71 bits per heavy atom. The Hall–Kier alpha value is -4.00. The highest BCUT2D eigenvalue weighted by Gasteiger charge is 2.14. The molecule has 140 valence electrons. The molecule has 0 atom stereocenters. The quantitative estimate of drug-likeness (QED) is 0.393. The molecule has 0 saturated heterocycles. The van der Waals surface area contributed by atoms with Crippen LogP contribution in [0.25, 0.3) is 6.08 Å². The van der Waals surface area contributed by atoms with Gasteiger partial charge in [-0.2, -0.15) is 5.10 Å². The van der Waals surface area contributed by atoms with Crippen LogP contribution in [0.4, 0.5) is 4.39 Å². The third-order valence-corrected chi connectivity index (χ3v) is 3.61. The van der Waals surface area contributed by atoms with Crippen LogP contribution in [0.1, 0.15) is 21.7 Å². The fourth-order valence-electron chi connectivity index (χ4n) is 2.23. The van der Waals surface area contributed by atoms with Gasteiger partial charge in [0, 0.05) is 11.6 Å². The third-order valence-electron chi connectivity index (χ3n) is 3.61. The molecule has 1 heterocycles. The van der Waals surface area contributed by atoms with E-state index in [0.717, 1.165) is 0 Å². The number of carbonyl (C=O) groups excluding carboxylic acids is 2. The minimum Gasteiger partial charge on any atom is -0.465 e. The number of hydrazone groups is 1. The van der Waals surface area contributed by atoms with Crippen molar-refractivity contribution in [1.29, 1.82) is 0 Å². The summed E-state index contributed by atoms with van der Waals surface area (Å²) in [6.45, 7) is 0. The summed E-state index contributed by atoms with van der Waals surface area (Å²) in [4.78, 5) is 24.8. The average Bonchev–Trinajstić information content (AvgIpc) is 3.22. The summed E-state index contributed by atoms with van der Waals surface area (Å²) in [5.74, 6) is -1.07. The zero-order chi connectivity index (χ0) is 19.8. The number of nitrogens with zero attached hydrogens (tertiary/aromatic N) is 1. The first-order chi connectivity index (χ1) is 13.6. The predicted molar refractivity (Wildman–Crippen MR) is 103 cm³/mol. The highest BCUT2D eigenvalue weighted by atomic mass is 19.1. The van der Waals surface area contributed by atoms with Crippen LogP contribution in [0.5, 0.6) is 0 Å². The molecule has 0 saturated carbocycles. The first-order valence-electron chi connectivity index (χ1n) is 8.32. The van der Waals surface area contributed by atoms with Crippen LogP contribution in [0, 0.1) is 5.82 Å². The molecule has 2 N–H and O–H groups in total. The van der Waals surface area contributed by atoms with Gasteiger partial charge in [-0.05, 0) is 42.0 Å². The number of rotatable bonds is 6. The standard InChI is InChI=1S/C21H16FN3O3/c22-17-10-8-15(9-11-17)14-23-25-21(27)19(13-18-7-4-12-28-18)24-20(26)16-5-2-1-3-6-16/h1-14H,(H,24,26)(H,25,27)/b19-13-,23-14+. The summed E-state index contributed by atoms with van der Waals surface area (Å²) in [6.07, 6.45) is 4.21. The summed E-state index contributed by atoms with van der Waals surface area (Å²) in [6, 6.07) is 17.4. The Morgan fingerprint density at radius 3 is 2.39 bits per heavy atom. The van der Waals surface area contributed by atoms with Crippen LogP contribution < -0.4 is 10.7 Å². The van der Waals surface area contributed by atoms with E-state index in [-0.39, 0.29) is 11.5 Å². The molecule has 0 aliphatic rings. The van der Waals surface area contributed by atoms with E-state index in [0.29, 0.717) is 16.9 Å². The van der Waals surface area contributed by atoms with Gasteiger partial charge in [-0.1, -0.05) is 30.3 Å². The molecule has 2 amide bonds. The SMILES string of the molecule is O=C(N/N=C/c1ccc(F)cc1)/C(=C/c1ccco1)NC(=O)c1ccccc1. The third kappa shape index (κ3) is 5.25. The van der Waals surface area contributed by atoms with Crippen molar-refractivity contribution in [2.24, 2.45) is 5.10 Å². The Balaban J connectivity index is 1.73. The van der Waals surface area contributed by atoms with Crippen molar-refractivity contribution in [3.8, 4) is 0 Å². The first-order valence-corrected chi connectivity index (χ1v) is 8.32. The van der Waals surface area contributed by atoms with Crippen molar-refractivity contribution in [1.82, 2.24) is 10.7 Å². The molecule has 3 aromatic rings. The van der Waals surface area contributed by atoms with Gasteiger partial charge in [-0.3, -0.25) is 9.59 Å². The first kappa shape index (κ1) is 18.8. The maximum Gasteiger partial charge on any atom is 0.288 e. The molecule has 6 nitrogen and oxygen atoms in total. The van der Waals surface area contributed by atoms with Gasteiger partial charge in [-0.25, -0.2) is 9.82 Å². The second-order valence-electron chi connectivity index (χ2n) is 5.64. The lowest BCUT2D eigenvalue weighted by Gasteiger charge is -2.08. The summed E-state index contributed by atoms with van der Waals surface area (Å²) >= 11 is 0. The van der Waals surface area contributed by atoms with Gasteiger partial charge in [-0.15, -0.1) is 0 Å². The molecule has 7 heteroatoms. The van der Waals surface area contributed by atoms with Crippen molar-refractivity contribution in [2.75, 3.05) is 0 Å². The normalized spacial score (nSPS) is 11.4. The Morgan fingerprint density at radius 1 is 0.964 bits per heavy atom. The van der Waals surface area contributed by atoms with Crippen LogP contribution >= 0.6 is 0 Å². The van der Waals surface area contributed by atoms with E-state index in [9.17, 15) is 14.0 Å². The molecule has 0 bridgehead atoms. The van der Waals surface area contributed by atoms with Gasteiger partial charge in [0.1, 0.15) is 17.3 Å². The van der Waals surface area contributed by atoms with Crippen LogP contribution in [-0.2, 0) is 4.79 Å². The van der Waals surface area contributed by atoms with Crippen molar-refractivity contribution in [2.45, 2.75) is 0 Å². The van der Waals surface area contributed by atoms with Gasteiger partial charge in [0.2, 0.25) is 0 Å². The van der Waals surface area contributed by atoms with E-state index in [1.54, 1.807) is 42.5 Å². The predicted octanol–water partition coefficient (Wildman–Crippen LogP) is 3.34. The Kier molecular flexibility index (Phi) is 6.10. The summed E-state index contributed by atoms with van der Waals surface area (Å²) in [5.41, 5.74) is 3.29. The molecular formula is C21H16FN3O3. The molecular weight excluding hydrogens is 361 g/mol. The van der Waals surface area contributed by atoms with Gasteiger partial charge in [0.05, 0.1) is 12.5 Å². The molecule has 0 radical (unpaired) electrons. The lowest BCUT2D eigenvalue weighted by molar-refractivity contribution is -0.117. The number of halogens is 1. The second kappa shape index (κ2) is 9.09. The van der Waals surface area contributed by atoms with Crippen LogP contribution in [0.2, 0.25) is 0 Å². The highest BCUT2D eigenvalue weighted by molar-refractivity contribution is 6.05. The highest BCUT2D eigenvalue weighted by Crippen LogP contribution is 2.08. The van der Waals surface area contributed by atoms with Crippen molar-refractivity contribution in [3.05, 3.63) is 101 Å². The van der Waals surface area contributed by atoms with E-state index in [2.05, 4.69) is 15.8 Å². The van der Waals surface area contributed by atoms with Crippen LogP contribution in [0.3, 0.4) is 0 Å². The summed E-state index contributed by atoms with van der Waals surface area (Å²) < 4.78 is 18.1. The van der Waals surface area contributed by atoms with Crippen LogP contribution in [-0.4, -0.2) is 18.0 Å². The van der Waals surface area contributed by atoms with Crippen LogP contribution in [0.15, 0.2) is 88.2 Å². The molecule has 0 aliphatic heterocycles. The molecule has 0 aliphatic carbocycles. The maximum atomic E-state index is 12.9. The van der Waals surface area contributed by atoms with Gasteiger partial charge >= 0.3 is 0 Å². The monoisotopic (exact) mass is 377 g/mol. The largest absolute Gasteiger partial charge is 0.465 e. The minimum atomic E-state index is -0.640. The summed E-state index contributed by atoms with van der Waals surface area (Å²) in [7, 11) is 0. The minimum absolute atomic E-state index is 0.0416. The molecule has 2 aromatic carbocycles. The van der Waals surface area contributed by atoms with Gasteiger partial charge in [0.15, 0.2) is 0 Å². The number of nitrogens with one attached hydrogen (secondary N) is 2. The maximum absolute atomic E-state index is 12.9. The van der Waals surface area contributed by atoms with E-state index in [1.807, 2.05) is 0 Å². The fraction of sp³-hybridized carbons (Fsp3) is 0. The fourth-order valence-corrected chi connectivity index (χ4v) is 2.23. The topological polar surface area (TPSA) is 83.7 Å². The molecule has 0 fully saturated rings. The molecule has 1 aromatic heterocycles. The summed E-state index contributed by atoms with van der Waals surface area (Å²) in [5, 5.41) is 6.39. The van der Waals surface area contributed by atoms with Gasteiger partial charge < -0.3 is 9.73 Å². The molecule has 28 heavy (non-hydrogen) atoms. The zero-order valence-electron chi connectivity index (χ0n) is 14.6. The number of carbonyl (C=O) groups is 2. The van der Waals surface area contributed by atoms with E-state index in [1.165, 1.54) is 42.8 Å². The average molecular weight is 377 g/mol. The lowest BCUT2D eigenvalue weighted by Crippen LogP contribution is -2.32.